The first-order valence-corrected chi connectivity index (χ1v) is 11.0. The molecule has 30 heavy (non-hydrogen) atoms. The van der Waals surface area contributed by atoms with E-state index in [9.17, 15) is 19.2 Å². The number of carbonyl (C=O) groups is 4. The molecule has 1 saturated heterocycles. The molecule has 0 unspecified atom stereocenters. The highest BCUT2D eigenvalue weighted by molar-refractivity contribution is 5.95. The topological polar surface area (TPSA) is 102 Å². The van der Waals surface area contributed by atoms with Crippen LogP contribution in [0.5, 0.6) is 0 Å². The van der Waals surface area contributed by atoms with Gasteiger partial charge in [0.15, 0.2) is 0 Å². The van der Waals surface area contributed by atoms with Crippen LogP contribution in [0.1, 0.15) is 65.2 Å². The van der Waals surface area contributed by atoms with Crippen LogP contribution in [0.4, 0.5) is 0 Å². The van der Waals surface area contributed by atoms with Gasteiger partial charge in [-0.1, -0.05) is 25.0 Å². The van der Waals surface area contributed by atoms with Gasteiger partial charge in [0.05, 0.1) is 13.2 Å². The second-order valence-electron chi connectivity index (χ2n) is 8.40. The van der Waals surface area contributed by atoms with Crippen LogP contribution < -0.4 is 5.32 Å². The van der Waals surface area contributed by atoms with Crippen molar-refractivity contribution in [3.63, 3.8) is 0 Å². The van der Waals surface area contributed by atoms with E-state index in [4.69, 9.17) is 9.47 Å². The summed E-state index contributed by atoms with van der Waals surface area (Å²) in [5.74, 6) is -1.50. The molecule has 8 nitrogen and oxygen atoms in total. The Morgan fingerprint density at radius 3 is 2.73 bits per heavy atom. The number of nitrogens with zero attached hydrogens (tertiary/aromatic N) is 1. The zero-order chi connectivity index (χ0) is 21.7. The Labute approximate surface area is 177 Å². The van der Waals surface area contributed by atoms with Gasteiger partial charge in [0.2, 0.25) is 11.8 Å². The number of allylic oxidation sites excluding steroid dienone is 1. The molecule has 0 bridgehead atoms. The number of carbonyl (C=O) groups excluding carboxylic acids is 4. The average Bonchev–Trinajstić information content (AvgIpc) is 3.21. The second kappa shape index (κ2) is 9.62. The van der Waals surface area contributed by atoms with Crippen LogP contribution in [0.15, 0.2) is 12.2 Å². The first-order valence-electron chi connectivity index (χ1n) is 11.0. The lowest BCUT2D eigenvalue weighted by Gasteiger charge is -2.26. The van der Waals surface area contributed by atoms with Gasteiger partial charge >= 0.3 is 11.9 Å². The number of ether oxygens (including phenoxy) is 2. The van der Waals surface area contributed by atoms with Gasteiger partial charge in [0, 0.05) is 25.7 Å². The van der Waals surface area contributed by atoms with Crippen LogP contribution >= 0.6 is 0 Å². The highest BCUT2D eigenvalue weighted by Crippen LogP contribution is 2.46. The van der Waals surface area contributed by atoms with E-state index in [1.165, 1.54) is 11.8 Å². The summed E-state index contributed by atoms with van der Waals surface area (Å²) in [6, 6.07) is -0.761. The normalized spacial score (nSPS) is 33.3. The monoisotopic (exact) mass is 420 g/mol. The predicted molar refractivity (Wildman–Crippen MR) is 108 cm³/mol. The van der Waals surface area contributed by atoms with Crippen molar-refractivity contribution in [2.24, 2.45) is 5.92 Å². The van der Waals surface area contributed by atoms with E-state index in [2.05, 4.69) is 11.4 Å². The number of nitrogens with one attached hydrogen (secondary N) is 1. The smallest absolute Gasteiger partial charge is 0.332 e. The van der Waals surface area contributed by atoms with Crippen molar-refractivity contribution in [2.75, 3.05) is 13.2 Å². The molecule has 0 aromatic rings. The van der Waals surface area contributed by atoms with Crippen molar-refractivity contribution in [1.82, 2.24) is 10.2 Å². The summed E-state index contributed by atoms with van der Waals surface area (Å²) >= 11 is 0. The van der Waals surface area contributed by atoms with Crippen molar-refractivity contribution in [1.29, 1.82) is 0 Å². The zero-order valence-corrected chi connectivity index (χ0v) is 17.9. The fourth-order valence-corrected chi connectivity index (χ4v) is 4.45. The maximum Gasteiger partial charge on any atom is 0.332 e. The summed E-state index contributed by atoms with van der Waals surface area (Å²) in [6.07, 6.45) is 9.31. The Hall–Kier alpha value is -2.38. The lowest BCUT2D eigenvalue weighted by Crippen LogP contribution is -2.53. The van der Waals surface area contributed by atoms with E-state index in [-0.39, 0.29) is 31.4 Å². The number of esters is 2. The molecule has 0 spiro atoms. The molecule has 0 aromatic carbocycles. The van der Waals surface area contributed by atoms with Crippen LogP contribution in [-0.2, 0) is 28.7 Å². The predicted octanol–water partition coefficient (Wildman–Crippen LogP) is 1.87. The third kappa shape index (κ3) is 5.02. The average molecular weight is 421 g/mol. The molecule has 2 amide bonds. The molecule has 2 fully saturated rings. The number of amides is 2. The van der Waals surface area contributed by atoms with Gasteiger partial charge in [-0.25, -0.2) is 4.79 Å². The van der Waals surface area contributed by atoms with Crippen molar-refractivity contribution in [3.05, 3.63) is 12.2 Å². The molecule has 0 radical (unpaired) electrons. The molecule has 3 rings (SSSR count). The van der Waals surface area contributed by atoms with Gasteiger partial charge in [-0.2, -0.15) is 0 Å². The molecule has 8 heteroatoms. The highest BCUT2D eigenvalue weighted by atomic mass is 16.5. The summed E-state index contributed by atoms with van der Waals surface area (Å²) in [6.45, 7) is 3.48. The van der Waals surface area contributed by atoms with Crippen LogP contribution in [0.3, 0.4) is 0 Å². The van der Waals surface area contributed by atoms with E-state index in [1.54, 1.807) is 6.92 Å². The molecular formula is C22H32N2O6. The third-order valence-electron chi connectivity index (χ3n) is 6.10. The van der Waals surface area contributed by atoms with Crippen LogP contribution in [0, 0.1) is 5.92 Å². The number of hydrogen-bond donors (Lipinski definition) is 1. The molecular weight excluding hydrogens is 388 g/mol. The van der Waals surface area contributed by atoms with E-state index >= 15 is 0 Å². The van der Waals surface area contributed by atoms with Gasteiger partial charge in [-0.15, -0.1) is 0 Å². The van der Waals surface area contributed by atoms with Crippen molar-refractivity contribution < 1.29 is 28.7 Å². The maximum atomic E-state index is 13.2. The second-order valence-corrected chi connectivity index (χ2v) is 8.40. The number of rotatable bonds is 3. The minimum Gasteiger partial charge on any atom is -0.464 e. The van der Waals surface area contributed by atoms with Gasteiger partial charge in [-0.05, 0) is 32.6 Å². The van der Waals surface area contributed by atoms with E-state index in [0.717, 1.165) is 32.1 Å². The third-order valence-corrected chi connectivity index (χ3v) is 6.10. The van der Waals surface area contributed by atoms with Crippen LogP contribution in [0.25, 0.3) is 0 Å². The summed E-state index contributed by atoms with van der Waals surface area (Å²) in [5.41, 5.74) is -1.07. The molecule has 2 aliphatic heterocycles. The lowest BCUT2D eigenvalue weighted by atomic mass is 10.1. The number of fused-ring (bicyclic) bond motifs is 2. The van der Waals surface area contributed by atoms with Crippen molar-refractivity contribution in [3.8, 4) is 0 Å². The summed E-state index contributed by atoms with van der Waals surface area (Å²) < 4.78 is 10.5. The SMILES string of the molecule is CCOC(=O)[C@@]12C[C@H]1/C=C\CCCCCCC(=O)N1C[C@H](OC(C)=O)C[C@H]1C(=O)N2. The molecule has 1 saturated carbocycles. The summed E-state index contributed by atoms with van der Waals surface area (Å²) in [5, 5.41) is 2.89. The summed E-state index contributed by atoms with van der Waals surface area (Å²) in [4.78, 5) is 51.6. The molecule has 2 heterocycles. The fraction of sp³-hybridized carbons (Fsp3) is 0.727. The van der Waals surface area contributed by atoms with E-state index in [1.807, 2.05) is 6.08 Å². The first kappa shape index (κ1) is 22.3. The number of hydrogen-bond acceptors (Lipinski definition) is 6. The summed E-state index contributed by atoms with van der Waals surface area (Å²) in [7, 11) is 0. The van der Waals surface area contributed by atoms with E-state index in [0.29, 0.717) is 12.8 Å². The molecule has 1 aliphatic carbocycles. The largest absolute Gasteiger partial charge is 0.464 e. The van der Waals surface area contributed by atoms with Gasteiger partial charge < -0.3 is 19.7 Å². The fourth-order valence-electron chi connectivity index (χ4n) is 4.45. The van der Waals surface area contributed by atoms with Gasteiger partial charge in [0.1, 0.15) is 17.7 Å². The van der Waals surface area contributed by atoms with Crippen LogP contribution in [-0.4, -0.2) is 59.5 Å². The quantitative estimate of drug-likeness (QED) is 0.552. The first-order chi connectivity index (χ1) is 14.4. The van der Waals surface area contributed by atoms with Crippen molar-refractivity contribution in [2.45, 2.75) is 82.9 Å². The highest BCUT2D eigenvalue weighted by Gasteiger charge is 2.62. The van der Waals surface area contributed by atoms with Crippen LogP contribution in [0.2, 0.25) is 0 Å². The maximum absolute atomic E-state index is 13.2. The minimum atomic E-state index is -1.07. The Kier molecular flexibility index (Phi) is 7.15. The van der Waals surface area contributed by atoms with Crippen molar-refractivity contribution >= 4 is 23.8 Å². The Morgan fingerprint density at radius 2 is 2.00 bits per heavy atom. The molecule has 4 atom stereocenters. The molecule has 3 aliphatic rings. The standard InChI is InChI=1S/C22H32N2O6/c1-3-29-21(28)22-13-16(22)10-8-6-4-5-7-9-11-19(26)24-14-17(30-15(2)25)12-18(24)20(27)23-22/h8,10,16-18H,3-7,9,11-14H2,1-2H3,(H,23,27)/b10-8-/t16-,17-,18+,22-/m1/s1. The van der Waals surface area contributed by atoms with Gasteiger partial charge in [0.25, 0.3) is 0 Å². The Morgan fingerprint density at radius 1 is 1.23 bits per heavy atom. The molecule has 0 aromatic heterocycles. The Balaban J connectivity index is 1.82. The zero-order valence-electron chi connectivity index (χ0n) is 17.9. The van der Waals surface area contributed by atoms with E-state index < -0.39 is 35.5 Å². The van der Waals surface area contributed by atoms with Gasteiger partial charge in [-0.3, -0.25) is 14.4 Å². The Bertz CT molecular complexity index is 720. The molecule has 1 N–H and O–H groups in total. The lowest BCUT2D eigenvalue weighted by molar-refractivity contribution is -0.150. The minimum absolute atomic E-state index is 0.111. The molecule has 166 valence electrons.